The Morgan fingerprint density at radius 3 is 2.10 bits per heavy atom. The standard InChI is InChI=1S/C18H31NO/c1-5-7-11-19(12-8-6-2)14-18(20)17-10-9-15(3)16(4)13-17/h9-10,13,18,20H,5-8,11-12,14H2,1-4H3. The lowest BCUT2D eigenvalue weighted by Crippen LogP contribution is -2.30. The van der Waals surface area contributed by atoms with Crippen LogP contribution in [0.2, 0.25) is 0 Å². The van der Waals surface area contributed by atoms with Gasteiger partial charge in [-0.1, -0.05) is 44.9 Å². The van der Waals surface area contributed by atoms with Gasteiger partial charge in [0.1, 0.15) is 0 Å². The van der Waals surface area contributed by atoms with E-state index in [2.05, 4.69) is 50.8 Å². The highest BCUT2D eigenvalue weighted by atomic mass is 16.3. The quantitative estimate of drug-likeness (QED) is 0.730. The summed E-state index contributed by atoms with van der Waals surface area (Å²) in [4.78, 5) is 2.41. The van der Waals surface area contributed by atoms with E-state index < -0.39 is 0 Å². The number of aliphatic hydroxyl groups excluding tert-OH is 1. The summed E-state index contributed by atoms with van der Waals surface area (Å²) < 4.78 is 0. The largest absolute Gasteiger partial charge is 0.387 e. The van der Waals surface area contributed by atoms with Crippen molar-refractivity contribution in [2.45, 2.75) is 59.5 Å². The van der Waals surface area contributed by atoms with Crippen molar-refractivity contribution in [2.75, 3.05) is 19.6 Å². The van der Waals surface area contributed by atoms with Crippen molar-refractivity contribution in [1.29, 1.82) is 0 Å². The molecule has 1 N–H and O–H groups in total. The van der Waals surface area contributed by atoms with Gasteiger partial charge in [0, 0.05) is 6.54 Å². The van der Waals surface area contributed by atoms with Crippen LogP contribution in [-0.4, -0.2) is 29.6 Å². The normalized spacial score (nSPS) is 12.9. The first-order chi connectivity index (χ1) is 9.58. The summed E-state index contributed by atoms with van der Waals surface area (Å²) in [7, 11) is 0. The summed E-state index contributed by atoms with van der Waals surface area (Å²) in [6, 6.07) is 6.29. The van der Waals surface area contributed by atoms with Crippen LogP contribution in [0.15, 0.2) is 18.2 Å². The molecule has 0 heterocycles. The Morgan fingerprint density at radius 1 is 1.00 bits per heavy atom. The molecule has 1 atom stereocenters. The molecular weight excluding hydrogens is 246 g/mol. The number of benzene rings is 1. The Hall–Kier alpha value is -0.860. The van der Waals surface area contributed by atoms with E-state index in [1.165, 1.54) is 36.8 Å². The van der Waals surface area contributed by atoms with Crippen LogP contribution in [-0.2, 0) is 0 Å². The Labute approximate surface area is 124 Å². The maximum atomic E-state index is 10.5. The maximum absolute atomic E-state index is 10.5. The molecule has 1 unspecified atom stereocenters. The number of unbranched alkanes of at least 4 members (excludes halogenated alkanes) is 2. The van der Waals surface area contributed by atoms with Crippen LogP contribution in [0.4, 0.5) is 0 Å². The van der Waals surface area contributed by atoms with E-state index in [9.17, 15) is 5.11 Å². The van der Waals surface area contributed by atoms with Gasteiger partial charge >= 0.3 is 0 Å². The maximum Gasteiger partial charge on any atom is 0.0917 e. The molecule has 1 rings (SSSR count). The second kappa shape index (κ2) is 9.15. The average molecular weight is 277 g/mol. The molecular formula is C18H31NO. The van der Waals surface area contributed by atoms with Gasteiger partial charge in [-0.3, -0.25) is 0 Å². The molecule has 114 valence electrons. The molecule has 0 saturated carbocycles. The van der Waals surface area contributed by atoms with E-state index >= 15 is 0 Å². The number of rotatable bonds is 9. The van der Waals surface area contributed by atoms with Gasteiger partial charge in [0.25, 0.3) is 0 Å². The second-order valence-electron chi connectivity index (χ2n) is 5.87. The van der Waals surface area contributed by atoms with Gasteiger partial charge in [-0.2, -0.15) is 0 Å². The number of aliphatic hydroxyl groups is 1. The predicted octanol–water partition coefficient (Wildman–Crippen LogP) is 4.24. The number of aryl methyl sites for hydroxylation is 2. The minimum absolute atomic E-state index is 0.372. The Balaban J connectivity index is 2.62. The summed E-state index contributed by atoms with van der Waals surface area (Å²) in [5, 5.41) is 10.5. The van der Waals surface area contributed by atoms with Gasteiger partial charge in [0.05, 0.1) is 6.10 Å². The third-order valence-electron chi connectivity index (χ3n) is 4.00. The Morgan fingerprint density at radius 2 is 1.60 bits per heavy atom. The Kier molecular flexibility index (Phi) is 7.86. The summed E-state index contributed by atoms with van der Waals surface area (Å²) in [5.41, 5.74) is 3.59. The third-order valence-corrected chi connectivity index (χ3v) is 4.00. The highest BCUT2D eigenvalue weighted by Crippen LogP contribution is 2.18. The molecule has 0 saturated heterocycles. The van der Waals surface area contributed by atoms with Crippen molar-refractivity contribution in [1.82, 2.24) is 4.90 Å². The molecule has 0 radical (unpaired) electrons. The number of nitrogens with zero attached hydrogens (tertiary/aromatic N) is 1. The lowest BCUT2D eigenvalue weighted by atomic mass is 10.0. The lowest BCUT2D eigenvalue weighted by Gasteiger charge is -2.25. The van der Waals surface area contributed by atoms with Crippen molar-refractivity contribution in [2.24, 2.45) is 0 Å². The van der Waals surface area contributed by atoms with Gasteiger partial charge in [0.15, 0.2) is 0 Å². The molecule has 2 heteroatoms. The van der Waals surface area contributed by atoms with E-state index in [0.29, 0.717) is 0 Å². The van der Waals surface area contributed by atoms with Gasteiger partial charge in [-0.15, -0.1) is 0 Å². The molecule has 1 aromatic carbocycles. The van der Waals surface area contributed by atoms with Crippen LogP contribution >= 0.6 is 0 Å². The molecule has 0 amide bonds. The van der Waals surface area contributed by atoms with Crippen LogP contribution in [0.25, 0.3) is 0 Å². The molecule has 0 bridgehead atoms. The minimum atomic E-state index is -0.372. The molecule has 0 spiro atoms. The van der Waals surface area contributed by atoms with Crippen molar-refractivity contribution in [3.8, 4) is 0 Å². The van der Waals surface area contributed by atoms with Crippen LogP contribution < -0.4 is 0 Å². The van der Waals surface area contributed by atoms with Gasteiger partial charge in [-0.05, 0) is 56.5 Å². The van der Waals surface area contributed by atoms with Crippen LogP contribution in [0, 0.1) is 13.8 Å². The van der Waals surface area contributed by atoms with E-state index in [-0.39, 0.29) is 6.10 Å². The fraction of sp³-hybridized carbons (Fsp3) is 0.667. The molecule has 0 aliphatic carbocycles. The minimum Gasteiger partial charge on any atom is -0.387 e. The zero-order chi connectivity index (χ0) is 15.0. The SMILES string of the molecule is CCCCN(CCCC)CC(O)c1ccc(C)c(C)c1. The molecule has 0 aliphatic heterocycles. The van der Waals surface area contributed by atoms with Crippen molar-refractivity contribution in [3.63, 3.8) is 0 Å². The molecule has 0 aliphatic rings. The fourth-order valence-corrected chi connectivity index (χ4v) is 2.38. The summed E-state index contributed by atoms with van der Waals surface area (Å²) >= 11 is 0. The molecule has 0 aromatic heterocycles. The second-order valence-corrected chi connectivity index (χ2v) is 5.87. The number of hydrogen-bond acceptors (Lipinski definition) is 2. The molecule has 0 fully saturated rings. The van der Waals surface area contributed by atoms with E-state index in [4.69, 9.17) is 0 Å². The third kappa shape index (κ3) is 5.64. The van der Waals surface area contributed by atoms with Crippen molar-refractivity contribution in [3.05, 3.63) is 34.9 Å². The first-order valence-corrected chi connectivity index (χ1v) is 8.06. The zero-order valence-electron chi connectivity index (χ0n) is 13.7. The monoisotopic (exact) mass is 277 g/mol. The average Bonchev–Trinajstić information content (AvgIpc) is 2.44. The fourth-order valence-electron chi connectivity index (χ4n) is 2.38. The first kappa shape index (κ1) is 17.2. The number of hydrogen-bond donors (Lipinski definition) is 1. The van der Waals surface area contributed by atoms with Crippen molar-refractivity contribution >= 4 is 0 Å². The highest BCUT2D eigenvalue weighted by molar-refractivity contribution is 5.31. The van der Waals surface area contributed by atoms with Gasteiger partial charge in [-0.25, -0.2) is 0 Å². The van der Waals surface area contributed by atoms with Crippen molar-refractivity contribution < 1.29 is 5.11 Å². The summed E-state index contributed by atoms with van der Waals surface area (Å²) in [5.74, 6) is 0. The van der Waals surface area contributed by atoms with E-state index in [1.807, 2.05) is 0 Å². The lowest BCUT2D eigenvalue weighted by molar-refractivity contribution is 0.111. The Bertz CT molecular complexity index is 381. The highest BCUT2D eigenvalue weighted by Gasteiger charge is 2.13. The van der Waals surface area contributed by atoms with Crippen LogP contribution in [0.3, 0.4) is 0 Å². The molecule has 1 aromatic rings. The summed E-state index contributed by atoms with van der Waals surface area (Å²) in [6.07, 6.45) is 4.47. The van der Waals surface area contributed by atoms with E-state index in [1.54, 1.807) is 0 Å². The molecule has 2 nitrogen and oxygen atoms in total. The molecule has 20 heavy (non-hydrogen) atoms. The van der Waals surface area contributed by atoms with Crippen LogP contribution in [0.5, 0.6) is 0 Å². The first-order valence-electron chi connectivity index (χ1n) is 8.06. The summed E-state index contributed by atoms with van der Waals surface area (Å²) in [6.45, 7) is 11.6. The topological polar surface area (TPSA) is 23.5 Å². The smallest absolute Gasteiger partial charge is 0.0917 e. The van der Waals surface area contributed by atoms with E-state index in [0.717, 1.165) is 25.2 Å². The predicted molar refractivity (Wildman–Crippen MR) is 87.1 cm³/mol. The van der Waals surface area contributed by atoms with Gasteiger partial charge < -0.3 is 10.0 Å². The van der Waals surface area contributed by atoms with Crippen LogP contribution in [0.1, 0.15) is 62.3 Å². The van der Waals surface area contributed by atoms with Gasteiger partial charge in [0.2, 0.25) is 0 Å². The zero-order valence-corrected chi connectivity index (χ0v) is 13.7.